The lowest BCUT2D eigenvalue weighted by molar-refractivity contribution is 0.672. The van der Waals surface area contributed by atoms with Crippen LogP contribution in [0.5, 0.6) is 0 Å². The number of aromatic nitrogens is 4. The molecule has 1 aliphatic rings. The standard InChI is InChI=1S/C13H16N4O/c1-9-6-12(15-8-14-9)17-13(18)7-11(16-17)10-4-2-3-5-10/h6-8,10,16H,2-5H2,1H3. The van der Waals surface area contributed by atoms with Crippen LogP contribution in [0.1, 0.15) is 43.0 Å². The maximum atomic E-state index is 12.0. The molecule has 2 aromatic heterocycles. The molecule has 2 heterocycles. The predicted octanol–water partition coefficient (Wildman–Crippen LogP) is 1.92. The Labute approximate surface area is 105 Å². The summed E-state index contributed by atoms with van der Waals surface area (Å²) in [6.07, 6.45) is 6.33. The largest absolute Gasteiger partial charge is 0.293 e. The number of rotatable bonds is 2. The van der Waals surface area contributed by atoms with Crippen molar-refractivity contribution in [2.45, 2.75) is 38.5 Å². The van der Waals surface area contributed by atoms with Gasteiger partial charge in [0.25, 0.3) is 5.56 Å². The highest BCUT2D eigenvalue weighted by molar-refractivity contribution is 5.23. The molecule has 0 amide bonds. The van der Waals surface area contributed by atoms with Crippen LogP contribution in [0.25, 0.3) is 5.82 Å². The van der Waals surface area contributed by atoms with E-state index in [0.717, 1.165) is 11.4 Å². The lowest BCUT2D eigenvalue weighted by Crippen LogP contribution is -2.15. The van der Waals surface area contributed by atoms with E-state index in [4.69, 9.17) is 0 Å². The number of H-pyrrole nitrogens is 1. The number of aromatic amines is 1. The van der Waals surface area contributed by atoms with Gasteiger partial charge in [-0.2, -0.15) is 0 Å². The second-order valence-electron chi connectivity index (χ2n) is 4.88. The average Bonchev–Trinajstić information content (AvgIpc) is 2.97. The van der Waals surface area contributed by atoms with Crippen LogP contribution in [0.3, 0.4) is 0 Å². The second-order valence-corrected chi connectivity index (χ2v) is 4.88. The Morgan fingerprint density at radius 2 is 2.06 bits per heavy atom. The highest BCUT2D eigenvalue weighted by Gasteiger charge is 2.20. The Morgan fingerprint density at radius 3 is 2.78 bits per heavy atom. The molecule has 5 nitrogen and oxygen atoms in total. The van der Waals surface area contributed by atoms with Gasteiger partial charge in [-0.25, -0.2) is 14.6 Å². The lowest BCUT2D eigenvalue weighted by Gasteiger charge is -2.06. The van der Waals surface area contributed by atoms with Crippen LogP contribution in [0.4, 0.5) is 0 Å². The summed E-state index contributed by atoms with van der Waals surface area (Å²) < 4.78 is 1.50. The summed E-state index contributed by atoms with van der Waals surface area (Å²) >= 11 is 0. The monoisotopic (exact) mass is 244 g/mol. The fourth-order valence-corrected chi connectivity index (χ4v) is 2.59. The van der Waals surface area contributed by atoms with E-state index in [9.17, 15) is 4.79 Å². The topological polar surface area (TPSA) is 63.6 Å². The van der Waals surface area contributed by atoms with Gasteiger partial charge < -0.3 is 0 Å². The Balaban J connectivity index is 2.00. The van der Waals surface area contributed by atoms with Gasteiger partial charge in [0.1, 0.15) is 6.33 Å². The van der Waals surface area contributed by atoms with Crippen molar-refractivity contribution in [3.63, 3.8) is 0 Å². The van der Waals surface area contributed by atoms with E-state index in [1.54, 1.807) is 12.1 Å². The van der Waals surface area contributed by atoms with Crippen LogP contribution >= 0.6 is 0 Å². The minimum Gasteiger partial charge on any atom is -0.293 e. The highest BCUT2D eigenvalue weighted by Crippen LogP contribution is 2.32. The van der Waals surface area contributed by atoms with Crippen molar-refractivity contribution < 1.29 is 0 Å². The third-order valence-electron chi connectivity index (χ3n) is 3.55. The summed E-state index contributed by atoms with van der Waals surface area (Å²) in [5.74, 6) is 1.11. The third kappa shape index (κ3) is 1.96. The summed E-state index contributed by atoms with van der Waals surface area (Å²) in [6.45, 7) is 1.89. The molecule has 0 unspecified atom stereocenters. The van der Waals surface area contributed by atoms with Gasteiger partial charge in [0.15, 0.2) is 5.82 Å². The summed E-state index contributed by atoms with van der Waals surface area (Å²) in [5, 5.41) is 3.18. The van der Waals surface area contributed by atoms with Gasteiger partial charge in [-0.15, -0.1) is 0 Å². The molecule has 1 N–H and O–H groups in total. The zero-order chi connectivity index (χ0) is 12.5. The van der Waals surface area contributed by atoms with E-state index >= 15 is 0 Å². The summed E-state index contributed by atoms with van der Waals surface area (Å²) in [7, 11) is 0. The van der Waals surface area contributed by atoms with Gasteiger partial charge in [-0.1, -0.05) is 12.8 Å². The van der Waals surface area contributed by atoms with Crippen LogP contribution in [-0.4, -0.2) is 19.7 Å². The molecule has 5 heteroatoms. The SMILES string of the molecule is Cc1cc(-n2[nH]c(C3CCCC3)cc2=O)ncn1. The van der Waals surface area contributed by atoms with Gasteiger partial charge in [0.2, 0.25) is 0 Å². The normalized spacial score (nSPS) is 16.3. The summed E-state index contributed by atoms with van der Waals surface area (Å²) in [4.78, 5) is 20.1. The number of nitrogens with zero attached hydrogens (tertiary/aromatic N) is 3. The van der Waals surface area contributed by atoms with Crippen molar-refractivity contribution in [2.75, 3.05) is 0 Å². The Bertz CT molecular complexity index is 607. The zero-order valence-electron chi connectivity index (χ0n) is 10.4. The van der Waals surface area contributed by atoms with Gasteiger partial charge in [-0.05, 0) is 19.8 Å². The molecule has 0 radical (unpaired) electrons. The number of hydrogen-bond acceptors (Lipinski definition) is 3. The minimum absolute atomic E-state index is 0.0463. The molecule has 0 aliphatic heterocycles. The van der Waals surface area contributed by atoms with Gasteiger partial charge >= 0.3 is 0 Å². The van der Waals surface area contributed by atoms with Gasteiger partial charge in [-0.3, -0.25) is 9.89 Å². The first-order valence-electron chi connectivity index (χ1n) is 6.35. The Morgan fingerprint density at radius 1 is 1.28 bits per heavy atom. The van der Waals surface area contributed by atoms with Crippen molar-refractivity contribution in [2.24, 2.45) is 0 Å². The quantitative estimate of drug-likeness (QED) is 0.877. The fraction of sp³-hybridized carbons (Fsp3) is 0.462. The van der Waals surface area contributed by atoms with E-state index in [2.05, 4.69) is 15.1 Å². The zero-order valence-corrected chi connectivity index (χ0v) is 10.4. The van der Waals surface area contributed by atoms with E-state index in [1.807, 2.05) is 6.92 Å². The molecule has 0 bridgehead atoms. The van der Waals surface area contributed by atoms with Crippen molar-refractivity contribution in [1.82, 2.24) is 19.7 Å². The van der Waals surface area contributed by atoms with Crippen LogP contribution in [0.2, 0.25) is 0 Å². The molecule has 2 aromatic rings. The molecule has 3 rings (SSSR count). The smallest absolute Gasteiger partial charge is 0.272 e. The molecular formula is C13H16N4O. The van der Waals surface area contributed by atoms with Crippen molar-refractivity contribution in [1.29, 1.82) is 0 Å². The van der Waals surface area contributed by atoms with Crippen LogP contribution in [0, 0.1) is 6.92 Å². The van der Waals surface area contributed by atoms with E-state index in [-0.39, 0.29) is 5.56 Å². The first-order valence-corrected chi connectivity index (χ1v) is 6.35. The van der Waals surface area contributed by atoms with Crippen LogP contribution in [-0.2, 0) is 0 Å². The Hall–Kier alpha value is -1.91. The fourth-order valence-electron chi connectivity index (χ4n) is 2.59. The van der Waals surface area contributed by atoms with Gasteiger partial charge in [0.05, 0.1) is 0 Å². The van der Waals surface area contributed by atoms with Crippen molar-refractivity contribution >= 4 is 0 Å². The molecule has 0 spiro atoms. The number of nitrogens with one attached hydrogen (secondary N) is 1. The summed E-state index contributed by atoms with van der Waals surface area (Å²) in [5.41, 5.74) is 1.84. The number of aryl methyl sites for hydroxylation is 1. The molecule has 1 aliphatic carbocycles. The number of hydrogen-bond donors (Lipinski definition) is 1. The highest BCUT2D eigenvalue weighted by atomic mass is 16.1. The second kappa shape index (κ2) is 4.40. The van der Waals surface area contributed by atoms with Crippen molar-refractivity contribution in [3.05, 3.63) is 40.2 Å². The first kappa shape index (κ1) is 11.2. The maximum absolute atomic E-state index is 12.0. The first-order chi connectivity index (χ1) is 8.74. The average molecular weight is 244 g/mol. The van der Waals surface area contributed by atoms with E-state index < -0.39 is 0 Å². The van der Waals surface area contributed by atoms with Crippen LogP contribution < -0.4 is 5.56 Å². The molecule has 1 saturated carbocycles. The van der Waals surface area contributed by atoms with Crippen molar-refractivity contribution in [3.8, 4) is 5.82 Å². The van der Waals surface area contributed by atoms with Gasteiger partial charge in [0, 0.05) is 29.4 Å². The van der Waals surface area contributed by atoms with Crippen LogP contribution in [0.15, 0.2) is 23.3 Å². The summed E-state index contributed by atoms with van der Waals surface area (Å²) in [6, 6.07) is 3.50. The molecule has 1 fully saturated rings. The van der Waals surface area contributed by atoms with E-state index in [1.165, 1.54) is 36.7 Å². The molecule has 0 aromatic carbocycles. The molecule has 0 saturated heterocycles. The third-order valence-corrected chi connectivity index (χ3v) is 3.55. The van der Waals surface area contributed by atoms with E-state index in [0.29, 0.717) is 11.7 Å². The maximum Gasteiger partial charge on any atom is 0.272 e. The minimum atomic E-state index is -0.0463. The Kier molecular flexibility index (Phi) is 2.74. The molecule has 94 valence electrons. The lowest BCUT2D eigenvalue weighted by atomic mass is 10.1. The molecule has 18 heavy (non-hydrogen) atoms. The predicted molar refractivity (Wildman–Crippen MR) is 67.9 cm³/mol. The molecule has 0 atom stereocenters. The molecular weight excluding hydrogens is 228 g/mol.